The molecule has 1 aromatic rings. The lowest BCUT2D eigenvalue weighted by Gasteiger charge is -2.33. The van der Waals surface area contributed by atoms with Crippen molar-refractivity contribution in [2.24, 2.45) is 11.8 Å². The molecule has 2 rings (SSSR count). The Hall–Kier alpha value is -0.860. The molecule has 0 aromatic heterocycles. The molecular weight excluding hydrogens is 282 g/mol. The minimum atomic E-state index is -0.0668. The van der Waals surface area contributed by atoms with Gasteiger partial charge in [0, 0.05) is 6.54 Å². The van der Waals surface area contributed by atoms with Gasteiger partial charge in [-0.05, 0) is 76.1 Å². The summed E-state index contributed by atoms with van der Waals surface area (Å²) in [7, 11) is 0. The summed E-state index contributed by atoms with van der Waals surface area (Å²) in [5, 5.41) is 0. The number of hydrogen-bond donors (Lipinski definition) is 0. The Morgan fingerprint density at radius 2 is 1.61 bits per heavy atom. The molecule has 0 atom stereocenters. The Kier molecular flexibility index (Phi) is 6.67. The van der Waals surface area contributed by atoms with E-state index in [1.165, 1.54) is 50.0 Å². The van der Waals surface area contributed by atoms with E-state index in [4.69, 9.17) is 4.74 Å². The Morgan fingerprint density at radius 1 is 1.04 bits per heavy atom. The van der Waals surface area contributed by atoms with Crippen molar-refractivity contribution in [3.05, 3.63) is 35.4 Å². The predicted octanol–water partition coefficient (Wildman–Crippen LogP) is 4.91. The van der Waals surface area contributed by atoms with Crippen LogP contribution in [0, 0.1) is 11.8 Å². The van der Waals surface area contributed by atoms with Crippen LogP contribution in [-0.4, -0.2) is 30.1 Å². The van der Waals surface area contributed by atoms with E-state index in [-0.39, 0.29) is 5.60 Å². The van der Waals surface area contributed by atoms with Gasteiger partial charge in [0.15, 0.2) is 0 Å². The van der Waals surface area contributed by atoms with E-state index in [1.54, 1.807) is 0 Å². The second kappa shape index (κ2) is 8.30. The van der Waals surface area contributed by atoms with Gasteiger partial charge in [-0.25, -0.2) is 0 Å². The second-order valence-corrected chi connectivity index (χ2v) is 8.56. The van der Waals surface area contributed by atoms with Crippen LogP contribution < -0.4 is 0 Å². The number of rotatable bonds is 6. The molecule has 0 bridgehead atoms. The first-order valence-electron chi connectivity index (χ1n) is 9.26. The van der Waals surface area contributed by atoms with Crippen LogP contribution in [-0.2, 0) is 17.8 Å². The number of hydrogen-bond acceptors (Lipinski definition) is 2. The minimum Gasteiger partial charge on any atom is -0.371 e. The van der Waals surface area contributed by atoms with E-state index in [2.05, 4.69) is 63.8 Å². The smallest absolute Gasteiger partial charge is 0.0724 e. The lowest BCUT2D eigenvalue weighted by atomic mass is 9.89. The third kappa shape index (κ3) is 7.05. The van der Waals surface area contributed by atoms with Crippen LogP contribution in [0.15, 0.2) is 24.3 Å². The average molecular weight is 318 g/mol. The third-order valence-electron chi connectivity index (χ3n) is 4.55. The fourth-order valence-electron chi connectivity index (χ4n) is 3.29. The molecule has 2 heteroatoms. The first-order chi connectivity index (χ1) is 10.8. The summed E-state index contributed by atoms with van der Waals surface area (Å²) in [5.74, 6) is 1.64. The molecule has 0 amide bonds. The maximum Gasteiger partial charge on any atom is 0.0724 e. The van der Waals surface area contributed by atoms with Crippen LogP contribution in [0.4, 0.5) is 0 Å². The van der Waals surface area contributed by atoms with Gasteiger partial charge in [-0.15, -0.1) is 0 Å². The first kappa shape index (κ1) is 18.5. The normalized spacial score (nSPS) is 17.8. The number of likely N-dealkylation sites (tertiary alicyclic amines) is 1. The van der Waals surface area contributed by atoms with Crippen molar-refractivity contribution in [3.63, 3.8) is 0 Å². The maximum absolute atomic E-state index is 5.84. The van der Waals surface area contributed by atoms with E-state index in [1.807, 2.05) is 0 Å². The average Bonchev–Trinajstić information content (AvgIpc) is 2.47. The highest BCUT2D eigenvalue weighted by Crippen LogP contribution is 2.23. The van der Waals surface area contributed by atoms with Crippen molar-refractivity contribution in [3.8, 4) is 0 Å². The summed E-state index contributed by atoms with van der Waals surface area (Å²) >= 11 is 0. The summed E-state index contributed by atoms with van der Waals surface area (Å²) in [6.07, 6.45) is 3.93. The van der Waals surface area contributed by atoms with Crippen LogP contribution in [0.25, 0.3) is 0 Å². The lowest BCUT2D eigenvalue weighted by molar-refractivity contribution is -0.0149. The molecule has 1 aliphatic rings. The van der Waals surface area contributed by atoms with Gasteiger partial charge in [0.1, 0.15) is 0 Å². The molecule has 130 valence electrons. The van der Waals surface area contributed by atoms with Gasteiger partial charge in [0.2, 0.25) is 0 Å². The molecule has 0 saturated carbocycles. The maximum atomic E-state index is 5.84. The Bertz CT molecular complexity index is 450. The SMILES string of the molecule is CC(C)CN1CCC(Cc2ccc(COC(C)(C)C)cc2)CC1. The molecule has 1 fully saturated rings. The standard InChI is InChI=1S/C21H35NO/c1-17(2)15-22-12-10-19(11-13-22)14-18-6-8-20(9-7-18)16-23-21(3,4)5/h6-9,17,19H,10-16H2,1-5H3. The Balaban J connectivity index is 1.76. The minimum absolute atomic E-state index is 0.0668. The highest BCUT2D eigenvalue weighted by molar-refractivity contribution is 5.22. The Labute approximate surface area is 143 Å². The molecule has 0 spiro atoms. The van der Waals surface area contributed by atoms with Crippen LogP contribution in [0.3, 0.4) is 0 Å². The number of ether oxygens (including phenoxy) is 1. The number of nitrogens with zero attached hydrogens (tertiary/aromatic N) is 1. The molecule has 2 nitrogen and oxygen atoms in total. The van der Waals surface area contributed by atoms with E-state index in [0.717, 1.165) is 11.8 Å². The zero-order valence-corrected chi connectivity index (χ0v) is 15.8. The molecule has 1 saturated heterocycles. The van der Waals surface area contributed by atoms with Crippen molar-refractivity contribution in [2.45, 2.75) is 66.1 Å². The molecule has 0 aliphatic carbocycles. The highest BCUT2D eigenvalue weighted by atomic mass is 16.5. The van der Waals surface area contributed by atoms with Crippen molar-refractivity contribution in [2.75, 3.05) is 19.6 Å². The summed E-state index contributed by atoms with van der Waals surface area (Å²) in [6, 6.07) is 9.05. The van der Waals surface area contributed by atoms with Crippen molar-refractivity contribution in [1.29, 1.82) is 0 Å². The fraction of sp³-hybridized carbons (Fsp3) is 0.714. The van der Waals surface area contributed by atoms with Gasteiger partial charge < -0.3 is 9.64 Å². The Morgan fingerprint density at radius 3 is 2.13 bits per heavy atom. The fourth-order valence-corrected chi connectivity index (χ4v) is 3.29. The van der Waals surface area contributed by atoms with Gasteiger partial charge in [-0.1, -0.05) is 38.1 Å². The number of benzene rings is 1. The van der Waals surface area contributed by atoms with E-state index in [0.29, 0.717) is 6.61 Å². The van der Waals surface area contributed by atoms with Crippen molar-refractivity contribution >= 4 is 0 Å². The zero-order valence-electron chi connectivity index (χ0n) is 15.8. The summed E-state index contributed by atoms with van der Waals surface area (Å²) in [5.41, 5.74) is 2.69. The lowest BCUT2D eigenvalue weighted by Crippen LogP contribution is -2.36. The molecule has 1 aliphatic heterocycles. The van der Waals surface area contributed by atoms with Gasteiger partial charge in [-0.3, -0.25) is 0 Å². The molecule has 1 aromatic carbocycles. The molecular formula is C21H35NO. The van der Waals surface area contributed by atoms with Gasteiger partial charge in [0.25, 0.3) is 0 Å². The molecule has 0 N–H and O–H groups in total. The van der Waals surface area contributed by atoms with Gasteiger partial charge in [-0.2, -0.15) is 0 Å². The van der Waals surface area contributed by atoms with Crippen molar-refractivity contribution < 1.29 is 4.74 Å². The van der Waals surface area contributed by atoms with E-state index >= 15 is 0 Å². The largest absolute Gasteiger partial charge is 0.371 e. The third-order valence-corrected chi connectivity index (χ3v) is 4.55. The first-order valence-corrected chi connectivity index (χ1v) is 9.26. The van der Waals surface area contributed by atoms with Crippen LogP contribution >= 0.6 is 0 Å². The monoisotopic (exact) mass is 317 g/mol. The molecule has 23 heavy (non-hydrogen) atoms. The predicted molar refractivity (Wildman–Crippen MR) is 98.7 cm³/mol. The second-order valence-electron chi connectivity index (χ2n) is 8.56. The van der Waals surface area contributed by atoms with Crippen molar-refractivity contribution in [1.82, 2.24) is 4.90 Å². The van der Waals surface area contributed by atoms with Gasteiger partial charge in [0.05, 0.1) is 12.2 Å². The quantitative estimate of drug-likeness (QED) is 0.739. The van der Waals surface area contributed by atoms with E-state index in [9.17, 15) is 0 Å². The van der Waals surface area contributed by atoms with Crippen LogP contribution in [0.5, 0.6) is 0 Å². The van der Waals surface area contributed by atoms with Crippen LogP contribution in [0.2, 0.25) is 0 Å². The summed E-state index contributed by atoms with van der Waals surface area (Å²) < 4.78 is 5.84. The molecule has 0 unspecified atom stereocenters. The number of piperidine rings is 1. The van der Waals surface area contributed by atoms with Crippen LogP contribution in [0.1, 0.15) is 58.6 Å². The topological polar surface area (TPSA) is 12.5 Å². The summed E-state index contributed by atoms with van der Waals surface area (Å²) in [4.78, 5) is 2.63. The van der Waals surface area contributed by atoms with E-state index < -0.39 is 0 Å². The molecule has 0 radical (unpaired) electrons. The van der Waals surface area contributed by atoms with Gasteiger partial charge >= 0.3 is 0 Å². The molecule has 1 heterocycles. The highest BCUT2D eigenvalue weighted by Gasteiger charge is 2.19. The zero-order chi connectivity index (χ0) is 16.9. The summed E-state index contributed by atoms with van der Waals surface area (Å²) in [6.45, 7) is 15.5.